The van der Waals surface area contributed by atoms with Crippen molar-refractivity contribution < 1.29 is 14.3 Å². The van der Waals surface area contributed by atoms with Crippen molar-refractivity contribution in [2.45, 2.75) is 17.1 Å². The molecule has 8 nitrogen and oxygen atoms in total. The maximum absolute atomic E-state index is 12.5. The highest BCUT2D eigenvalue weighted by molar-refractivity contribution is 7.21. The molecule has 3 aromatic heterocycles. The van der Waals surface area contributed by atoms with Crippen LogP contribution in [0.5, 0.6) is 11.8 Å². The lowest BCUT2D eigenvalue weighted by Gasteiger charge is -2.39. The highest BCUT2D eigenvalue weighted by Crippen LogP contribution is 2.41. The molecule has 4 heterocycles. The van der Waals surface area contributed by atoms with Crippen molar-refractivity contribution in [2.24, 2.45) is 0 Å². The fourth-order valence-electron chi connectivity index (χ4n) is 3.74. The summed E-state index contributed by atoms with van der Waals surface area (Å²) in [6, 6.07) is 7.67. The second-order valence-electron chi connectivity index (χ2n) is 10.3. The first-order valence-corrected chi connectivity index (χ1v) is 12.9. The number of anilines is 1. The number of hydrogen-bond acceptors (Lipinski definition) is 8. The van der Waals surface area contributed by atoms with E-state index in [1.165, 1.54) is 11.3 Å². The number of halogens is 1. The standard InChI is InChI=1S/C21H23B5ClN5O3S/c22-20(23,24)21(25,26)34-8-9-7-30-19(27)32-18(9)35-13-4-1-10-11(31-13)2-3-12-14(10)15-16(36-12)17(33)29-6-5-28-15/h1-4,7,28H,5-6,8,22-26H2,(H,29,33). The van der Waals surface area contributed by atoms with Gasteiger partial charge in [0.25, 0.3) is 5.91 Å². The second kappa shape index (κ2) is 9.32. The summed E-state index contributed by atoms with van der Waals surface area (Å²) in [5.74, 6) is 0.623. The number of thiophene rings is 1. The molecule has 0 atom stereocenters. The van der Waals surface area contributed by atoms with Crippen LogP contribution in [0.15, 0.2) is 30.5 Å². The van der Waals surface area contributed by atoms with Crippen LogP contribution in [0.1, 0.15) is 15.2 Å². The number of carbonyl (C=O) groups is 1. The fourth-order valence-corrected chi connectivity index (χ4v) is 4.98. The lowest BCUT2D eigenvalue weighted by atomic mass is 9.28. The van der Waals surface area contributed by atoms with Crippen molar-refractivity contribution >= 4 is 94.8 Å². The highest BCUT2D eigenvalue weighted by Gasteiger charge is 2.33. The minimum atomic E-state index is -0.389. The van der Waals surface area contributed by atoms with Gasteiger partial charge in [-0.1, -0.05) is 5.11 Å². The van der Waals surface area contributed by atoms with Gasteiger partial charge in [0.05, 0.1) is 46.9 Å². The van der Waals surface area contributed by atoms with Crippen molar-refractivity contribution in [3.63, 3.8) is 0 Å². The van der Waals surface area contributed by atoms with Gasteiger partial charge < -0.3 is 20.1 Å². The summed E-state index contributed by atoms with van der Waals surface area (Å²) in [5, 5.41) is 7.88. The smallest absolute Gasteiger partial charge is 0.263 e. The van der Waals surface area contributed by atoms with Gasteiger partial charge >= 0.3 is 0 Å². The predicted molar refractivity (Wildman–Crippen MR) is 158 cm³/mol. The molecule has 178 valence electrons. The Kier molecular flexibility index (Phi) is 6.47. The number of fused-ring (bicyclic) bond motifs is 5. The molecule has 0 unspecified atom stereocenters. The van der Waals surface area contributed by atoms with Crippen LogP contribution in [0, 0.1) is 0 Å². The first-order chi connectivity index (χ1) is 17.0. The summed E-state index contributed by atoms with van der Waals surface area (Å²) in [6.07, 6.45) is 1.62. The summed E-state index contributed by atoms with van der Waals surface area (Å²) in [7, 11) is 10.5. The number of benzene rings is 1. The van der Waals surface area contributed by atoms with E-state index in [4.69, 9.17) is 26.1 Å². The molecule has 2 N–H and O–H groups in total. The van der Waals surface area contributed by atoms with Crippen molar-refractivity contribution in [1.29, 1.82) is 0 Å². The molecule has 0 radical (unpaired) electrons. The number of nitrogens with one attached hydrogen (secondary N) is 2. The molecule has 0 spiro atoms. The van der Waals surface area contributed by atoms with Gasteiger partial charge in [-0.25, -0.2) is 9.97 Å². The van der Waals surface area contributed by atoms with Crippen molar-refractivity contribution in [3.8, 4) is 11.8 Å². The maximum atomic E-state index is 12.5. The lowest BCUT2D eigenvalue weighted by Crippen LogP contribution is -2.48. The number of carbonyl (C=O) groups excluding carboxylic acids is 1. The van der Waals surface area contributed by atoms with Gasteiger partial charge in [-0.05, 0) is 35.2 Å². The third-order valence-electron chi connectivity index (χ3n) is 6.81. The van der Waals surface area contributed by atoms with E-state index in [2.05, 4.69) is 59.8 Å². The zero-order valence-electron chi connectivity index (χ0n) is 20.9. The van der Waals surface area contributed by atoms with E-state index in [1.807, 2.05) is 18.2 Å². The third-order valence-corrected chi connectivity index (χ3v) is 8.14. The van der Waals surface area contributed by atoms with E-state index < -0.39 is 0 Å². The largest absolute Gasteiger partial charge is 0.420 e. The number of hydrogen-bond donors (Lipinski definition) is 2. The van der Waals surface area contributed by atoms with E-state index in [9.17, 15) is 4.79 Å². The Balaban J connectivity index is 1.48. The number of aromatic nitrogens is 3. The zero-order chi connectivity index (χ0) is 25.7. The number of pyridine rings is 1. The molecule has 15 heteroatoms. The number of rotatable bonds is 6. The zero-order valence-corrected chi connectivity index (χ0v) is 22.4. The van der Waals surface area contributed by atoms with Crippen molar-refractivity contribution in [3.05, 3.63) is 46.2 Å². The molecular weight excluding hydrogens is 492 g/mol. The van der Waals surface area contributed by atoms with Gasteiger partial charge in [0, 0.05) is 40.8 Å². The molecule has 36 heavy (non-hydrogen) atoms. The Morgan fingerprint density at radius 2 is 1.83 bits per heavy atom. The van der Waals surface area contributed by atoms with Crippen LogP contribution in [0.25, 0.3) is 21.0 Å². The van der Waals surface area contributed by atoms with Gasteiger partial charge in [-0.3, -0.25) is 4.79 Å². The van der Waals surface area contributed by atoms with Crippen molar-refractivity contribution in [2.75, 3.05) is 18.4 Å². The maximum Gasteiger partial charge on any atom is 0.263 e. The topological polar surface area (TPSA) is 98.3 Å². The van der Waals surface area contributed by atoms with E-state index >= 15 is 0 Å². The van der Waals surface area contributed by atoms with Crippen LogP contribution in [0.4, 0.5) is 5.69 Å². The molecule has 4 aromatic rings. The molecule has 1 aliphatic heterocycles. The summed E-state index contributed by atoms with van der Waals surface area (Å²) < 4.78 is 13.3. The van der Waals surface area contributed by atoms with Crippen LogP contribution in [-0.2, 0) is 11.3 Å². The van der Waals surface area contributed by atoms with E-state index in [-0.39, 0.29) is 28.3 Å². The minimum absolute atomic E-state index is 0.0534. The summed E-state index contributed by atoms with van der Waals surface area (Å²) in [6.45, 7) is 1.52. The number of amides is 1. The van der Waals surface area contributed by atoms with Crippen LogP contribution in [0.3, 0.4) is 0 Å². The summed E-state index contributed by atoms with van der Waals surface area (Å²) in [5.41, 5.74) is 2.28. The van der Waals surface area contributed by atoms with Gasteiger partial charge in [-0.2, -0.15) is 4.98 Å². The van der Waals surface area contributed by atoms with Gasteiger partial charge in [0.1, 0.15) is 20.6 Å². The van der Waals surface area contributed by atoms with Crippen LogP contribution in [0.2, 0.25) is 10.4 Å². The summed E-state index contributed by atoms with van der Waals surface area (Å²) >= 11 is 7.56. The number of nitrogens with zero attached hydrogens (tertiary/aromatic N) is 3. The van der Waals surface area contributed by atoms with Gasteiger partial charge in [-0.15, -0.1) is 11.3 Å². The van der Waals surface area contributed by atoms with E-state index in [0.717, 1.165) is 26.7 Å². The molecule has 1 aliphatic rings. The second-order valence-corrected chi connectivity index (χ2v) is 11.7. The molecule has 0 saturated carbocycles. The monoisotopic (exact) mass is 515 g/mol. The normalized spacial score (nSPS) is 14.2. The lowest BCUT2D eigenvalue weighted by molar-refractivity contribution is 0.0628. The molecule has 0 fully saturated rings. The molecule has 1 aromatic carbocycles. The summed E-state index contributed by atoms with van der Waals surface area (Å²) in [4.78, 5) is 26.3. The molecule has 0 bridgehead atoms. The molecule has 0 saturated heterocycles. The van der Waals surface area contributed by atoms with E-state index in [1.54, 1.807) is 12.3 Å². The predicted octanol–water partition coefficient (Wildman–Crippen LogP) is -0.750. The molecular formula is C21H23B5ClN5O3S. The van der Waals surface area contributed by atoms with Gasteiger partial charge in [0.2, 0.25) is 17.0 Å². The van der Waals surface area contributed by atoms with Gasteiger partial charge in [0.15, 0.2) is 0 Å². The van der Waals surface area contributed by atoms with Crippen LogP contribution >= 0.6 is 22.9 Å². The quantitative estimate of drug-likeness (QED) is 0.258. The minimum Gasteiger partial charge on any atom is -0.420 e. The van der Waals surface area contributed by atoms with Crippen molar-refractivity contribution in [1.82, 2.24) is 20.3 Å². The Hall–Kier alpha value is -2.69. The Morgan fingerprint density at radius 3 is 2.61 bits per heavy atom. The number of ether oxygens (including phenoxy) is 2. The SMILES string of the molecule is BC(B)(B)C(B)(B)OCc1cnc(Cl)nc1Oc1ccc2c(ccc3sc4c(c32)NCCNC4=O)n1. The Labute approximate surface area is 222 Å². The van der Waals surface area contributed by atoms with Crippen LogP contribution in [-0.4, -0.2) is 78.6 Å². The Morgan fingerprint density at radius 1 is 1.06 bits per heavy atom. The molecule has 1 amide bonds. The third kappa shape index (κ3) is 4.69. The fraction of sp³-hybridized carbons (Fsp3) is 0.238. The first-order valence-electron chi connectivity index (χ1n) is 11.7. The highest BCUT2D eigenvalue weighted by atomic mass is 35.5. The molecule has 0 aliphatic carbocycles. The van der Waals surface area contributed by atoms with E-state index in [0.29, 0.717) is 35.3 Å². The first kappa shape index (κ1) is 25.0. The average molecular weight is 515 g/mol. The molecule has 5 rings (SSSR count). The Bertz CT molecular complexity index is 1500. The van der Waals surface area contributed by atoms with Crippen LogP contribution < -0.4 is 15.4 Å². The average Bonchev–Trinajstić information content (AvgIpc) is 3.10.